The minimum Gasteiger partial charge on any atom is -0.378 e. The Bertz CT molecular complexity index is 1630. The van der Waals surface area contributed by atoms with Gasteiger partial charge in [0.05, 0.1) is 10.6 Å². The Labute approximate surface area is 229 Å². The minimum absolute atomic E-state index is 0.0461. The summed E-state index contributed by atoms with van der Waals surface area (Å²) >= 11 is 7.26. The van der Waals surface area contributed by atoms with Crippen LogP contribution < -0.4 is 14.5 Å². The van der Waals surface area contributed by atoms with E-state index in [1.54, 1.807) is 47.9 Å². The molecule has 3 aromatic carbocycles. The van der Waals surface area contributed by atoms with Gasteiger partial charge in [-0.15, -0.1) is 11.3 Å². The van der Waals surface area contributed by atoms with Gasteiger partial charge in [0.15, 0.2) is 5.13 Å². The molecular weight excluding hydrogens is 542 g/mol. The second kappa shape index (κ2) is 10.4. The molecule has 0 atom stereocenters. The molecule has 1 aliphatic rings. The first kappa shape index (κ1) is 25.7. The van der Waals surface area contributed by atoms with Crippen LogP contribution in [0.3, 0.4) is 0 Å². The quantitative estimate of drug-likeness (QED) is 0.300. The van der Waals surface area contributed by atoms with Crippen molar-refractivity contribution in [2.45, 2.75) is 4.90 Å². The Hall–Kier alpha value is -3.99. The highest BCUT2D eigenvalue weighted by molar-refractivity contribution is 7.93. The molecule has 0 aliphatic carbocycles. The molecule has 1 N–H and O–H groups in total. The summed E-state index contributed by atoms with van der Waals surface area (Å²) in [5.74, 6) is 0.0856. The lowest BCUT2D eigenvalue weighted by Crippen LogP contribution is -2.32. The molecule has 8 nitrogen and oxygen atoms in total. The molecule has 0 fully saturated rings. The Morgan fingerprint density at radius 1 is 0.974 bits per heavy atom. The maximum Gasteiger partial charge on any atom is 0.282 e. The fourth-order valence-corrected chi connectivity index (χ4v) is 5.71. The zero-order chi connectivity index (χ0) is 26.9. The molecule has 1 aromatic heterocycles. The van der Waals surface area contributed by atoms with Crippen LogP contribution >= 0.6 is 22.9 Å². The number of rotatable bonds is 7. The summed E-state index contributed by atoms with van der Waals surface area (Å²) in [6.07, 6.45) is 3.25. The lowest BCUT2D eigenvalue weighted by atomic mass is 10.1. The van der Waals surface area contributed by atoms with Gasteiger partial charge in [-0.2, -0.15) is 0 Å². The molecule has 4 aromatic rings. The number of nitrogens with zero attached hydrogens (tertiary/aromatic N) is 4. The molecule has 0 radical (unpaired) electrons. The molecule has 5 rings (SSSR count). The number of carbonyl (C=O) groups is 1. The third-order valence-corrected chi connectivity index (χ3v) is 8.16. The van der Waals surface area contributed by atoms with Crippen LogP contribution in [0.5, 0.6) is 0 Å². The molecule has 1 amide bonds. The molecule has 38 heavy (non-hydrogen) atoms. The van der Waals surface area contributed by atoms with Crippen molar-refractivity contribution in [1.82, 2.24) is 4.98 Å². The van der Waals surface area contributed by atoms with Gasteiger partial charge in [0.25, 0.3) is 15.9 Å². The second-order valence-electron chi connectivity index (χ2n) is 8.54. The van der Waals surface area contributed by atoms with Crippen LogP contribution in [0.4, 0.5) is 16.5 Å². The van der Waals surface area contributed by atoms with E-state index in [9.17, 15) is 13.2 Å². The number of anilines is 3. The van der Waals surface area contributed by atoms with Gasteiger partial charge in [-0.05, 0) is 72.3 Å². The molecule has 1 aliphatic heterocycles. The standard InChI is InChI=1S/C27H22ClN5O3S2/c1-32(2)21-9-3-18(4-10-21)17-24-26(34)33(25(30-24)19-5-7-20(28)8-6-19)22-11-13-23(14-12-22)38(35,36)31-27-29-15-16-37-27/h3-17H,1-2H3,(H,29,31)/b24-17-. The van der Waals surface area contributed by atoms with Crippen molar-refractivity contribution in [3.05, 3.63) is 106 Å². The number of aromatic nitrogens is 1. The molecule has 192 valence electrons. The highest BCUT2D eigenvalue weighted by atomic mass is 35.5. The lowest BCUT2D eigenvalue weighted by Gasteiger charge is -2.19. The van der Waals surface area contributed by atoms with Crippen LogP contribution in [0.25, 0.3) is 6.08 Å². The van der Waals surface area contributed by atoms with Crippen LogP contribution in [0.2, 0.25) is 5.02 Å². The fourth-order valence-electron chi connectivity index (χ4n) is 3.80. The summed E-state index contributed by atoms with van der Waals surface area (Å²) in [5, 5.41) is 2.51. The Morgan fingerprint density at radius 3 is 2.26 bits per heavy atom. The van der Waals surface area contributed by atoms with E-state index in [0.717, 1.165) is 11.3 Å². The van der Waals surface area contributed by atoms with Crippen molar-refractivity contribution in [3.63, 3.8) is 0 Å². The molecule has 11 heteroatoms. The van der Waals surface area contributed by atoms with Crippen LogP contribution in [0.15, 0.2) is 100.0 Å². The molecule has 0 saturated carbocycles. The number of sulfonamides is 1. The normalized spacial score (nSPS) is 14.6. The van der Waals surface area contributed by atoms with Crippen molar-refractivity contribution in [3.8, 4) is 0 Å². The van der Waals surface area contributed by atoms with Gasteiger partial charge in [-0.1, -0.05) is 23.7 Å². The van der Waals surface area contributed by atoms with Crippen LogP contribution in [0, 0.1) is 0 Å². The predicted molar refractivity (Wildman–Crippen MR) is 154 cm³/mol. The molecule has 0 bridgehead atoms. The zero-order valence-corrected chi connectivity index (χ0v) is 22.8. The van der Waals surface area contributed by atoms with E-state index in [0.29, 0.717) is 22.1 Å². The van der Waals surface area contributed by atoms with Crippen molar-refractivity contribution < 1.29 is 13.2 Å². The monoisotopic (exact) mass is 563 g/mol. The number of thiazole rings is 1. The number of carbonyl (C=O) groups excluding carboxylic acids is 1. The van der Waals surface area contributed by atoms with Crippen molar-refractivity contribution >= 4 is 67.3 Å². The van der Waals surface area contributed by atoms with E-state index < -0.39 is 10.0 Å². The number of nitrogens with one attached hydrogen (secondary N) is 1. The first-order valence-electron chi connectivity index (χ1n) is 11.4. The number of hydrogen-bond donors (Lipinski definition) is 1. The minimum atomic E-state index is -3.83. The summed E-state index contributed by atoms with van der Waals surface area (Å²) < 4.78 is 28.0. The predicted octanol–water partition coefficient (Wildman–Crippen LogP) is 5.50. The number of aliphatic imine (C=N–C) groups is 1. The topological polar surface area (TPSA) is 95.0 Å². The van der Waals surface area contributed by atoms with E-state index >= 15 is 0 Å². The molecule has 0 unspecified atom stereocenters. The molecule has 2 heterocycles. The number of amidine groups is 1. The lowest BCUT2D eigenvalue weighted by molar-refractivity contribution is -0.113. The van der Waals surface area contributed by atoms with E-state index in [4.69, 9.17) is 11.6 Å². The fraction of sp³-hybridized carbons (Fsp3) is 0.0741. The largest absolute Gasteiger partial charge is 0.378 e. The molecular formula is C27H22ClN5O3S2. The summed E-state index contributed by atoms with van der Waals surface area (Å²) in [5.41, 5.74) is 3.29. The van der Waals surface area contributed by atoms with Crippen LogP contribution in [-0.4, -0.2) is 39.2 Å². The van der Waals surface area contributed by atoms with Gasteiger partial charge in [0.2, 0.25) is 0 Å². The smallest absolute Gasteiger partial charge is 0.282 e. The van der Waals surface area contributed by atoms with E-state index in [2.05, 4.69) is 14.7 Å². The van der Waals surface area contributed by atoms with E-state index in [1.165, 1.54) is 34.6 Å². The zero-order valence-electron chi connectivity index (χ0n) is 20.4. The molecule has 0 spiro atoms. The maximum absolute atomic E-state index is 13.6. The van der Waals surface area contributed by atoms with Crippen LogP contribution in [-0.2, 0) is 14.8 Å². The van der Waals surface area contributed by atoms with Gasteiger partial charge in [-0.3, -0.25) is 14.4 Å². The van der Waals surface area contributed by atoms with Crippen LogP contribution in [0.1, 0.15) is 11.1 Å². The number of hydrogen-bond acceptors (Lipinski definition) is 7. The Morgan fingerprint density at radius 2 is 1.66 bits per heavy atom. The summed E-state index contributed by atoms with van der Waals surface area (Å²) in [6, 6.07) is 20.8. The van der Waals surface area contributed by atoms with Gasteiger partial charge < -0.3 is 4.90 Å². The van der Waals surface area contributed by atoms with Crippen molar-refractivity contribution in [1.29, 1.82) is 0 Å². The SMILES string of the molecule is CN(C)c1ccc(/C=C2\N=C(c3ccc(Cl)cc3)N(c3ccc(S(=O)(=O)Nc4nccs4)cc3)C2=O)cc1. The van der Waals surface area contributed by atoms with E-state index in [-0.39, 0.29) is 21.6 Å². The molecule has 0 saturated heterocycles. The maximum atomic E-state index is 13.6. The van der Waals surface area contributed by atoms with Crippen molar-refractivity contribution in [2.75, 3.05) is 28.6 Å². The Balaban J connectivity index is 1.50. The van der Waals surface area contributed by atoms with Crippen molar-refractivity contribution in [2.24, 2.45) is 4.99 Å². The average Bonchev–Trinajstić information content (AvgIpc) is 3.52. The van der Waals surface area contributed by atoms with E-state index in [1.807, 2.05) is 43.3 Å². The number of amides is 1. The third kappa shape index (κ3) is 5.33. The second-order valence-corrected chi connectivity index (χ2v) is 11.5. The number of benzene rings is 3. The van der Waals surface area contributed by atoms with Gasteiger partial charge >= 0.3 is 0 Å². The third-order valence-electron chi connectivity index (χ3n) is 5.73. The van der Waals surface area contributed by atoms with Gasteiger partial charge in [-0.25, -0.2) is 18.4 Å². The number of halogens is 1. The summed E-state index contributed by atoms with van der Waals surface area (Å²) in [6.45, 7) is 0. The van der Waals surface area contributed by atoms with Gasteiger partial charge in [0, 0.05) is 41.9 Å². The summed E-state index contributed by atoms with van der Waals surface area (Å²) in [7, 11) is 0.0831. The highest BCUT2D eigenvalue weighted by Crippen LogP contribution is 2.30. The average molecular weight is 564 g/mol. The first-order valence-corrected chi connectivity index (χ1v) is 14.2. The summed E-state index contributed by atoms with van der Waals surface area (Å²) in [4.78, 5) is 25.7. The first-order chi connectivity index (χ1) is 18.2. The highest BCUT2D eigenvalue weighted by Gasteiger charge is 2.32. The Kier molecular flexibility index (Phi) is 7.02. The van der Waals surface area contributed by atoms with Gasteiger partial charge in [0.1, 0.15) is 11.5 Å².